The van der Waals surface area contributed by atoms with Crippen molar-refractivity contribution in [1.82, 2.24) is 4.98 Å². The SMILES string of the molecule is Cc1ccc(OCc2cc(Cl)ccc2Cl)c(N)n1. The molecule has 0 saturated carbocycles. The van der Waals surface area contributed by atoms with Crippen LogP contribution in [0.25, 0.3) is 0 Å². The number of aromatic nitrogens is 1. The van der Waals surface area contributed by atoms with Gasteiger partial charge in [-0.1, -0.05) is 23.2 Å². The fourth-order valence-corrected chi connectivity index (χ4v) is 1.86. The van der Waals surface area contributed by atoms with E-state index in [9.17, 15) is 0 Å². The van der Waals surface area contributed by atoms with Gasteiger partial charge in [0.15, 0.2) is 11.6 Å². The summed E-state index contributed by atoms with van der Waals surface area (Å²) in [4.78, 5) is 4.12. The zero-order valence-electron chi connectivity index (χ0n) is 9.78. The number of pyridine rings is 1. The van der Waals surface area contributed by atoms with E-state index in [1.165, 1.54) is 0 Å². The molecule has 3 nitrogen and oxygen atoms in total. The highest BCUT2D eigenvalue weighted by atomic mass is 35.5. The van der Waals surface area contributed by atoms with Crippen LogP contribution in [0.2, 0.25) is 10.0 Å². The molecule has 0 aliphatic heterocycles. The lowest BCUT2D eigenvalue weighted by atomic mass is 10.2. The third-order valence-electron chi connectivity index (χ3n) is 2.42. The van der Waals surface area contributed by atoms with E-state index in [1.54, 1.807) is 24.3 Å². The Morgan fingerprint density at radius 3 is 2.72 bits per heavy atom. The molecule has 1 heterocycles. The minimum Gasteiger partial charge on any atom is -0.485 e. The van der Waals surface area contributed by atoms with Crippen LogP contribution < -0.4 is 10.5 Å². The highest BCUT2D eigenvalue weighted by Gasteiger charge is 2.05. The number of nitrogen functional groups attached to an aromatic ring is 1. The van der Waals surface area contributed by atoms with Gasteiger partial charge in [0.25, 0.3) is 0 Å². The summed E-state index contributed by atoms with van der Waals surface area (Å²) < 4.78 is 5.58. The summed E-state index contributed by atoms with van der Waals surface area (Å²) in [6.07, 6.45) is 0. The quantitative estimate of drug-likeness (QED) is 0.930. The average Bonchev–Trinajstić information content (AvgIpc) is 2.32. The van der Waals surface area contributed by atoms with Gasteiger partial charge in [-0.05, 0) is 37.3 Å². The van der Waals surface area contributed by atoms with E-state index < -0.39 is 0 Å². The van der Waals surface area contributed by atoms with Crippen molar-refractivity contribution in [3.05, 3.63) is 51.6 Å². The van der Waals surface area contributed by atoms with Crippen LogP contribution >= 0.6 is 23.2 Å². The van der Waals surface area contributed by atoms with Crippen molar-refractivity contribution in [1.29, 1.82) is 0 Å². The van der Waals surface area contributed by atoms with Gasteiger partial charge >= 0.3 is 0 Å². The zero-order chi connectivity index (χ0) is 13.1. The number of rotatable bonds is 3. The number of hydrogen-bond donors (Lipinski definition) is 1. The van der Waals surface area contributed by atoms with Crippen molar-refractivity contribution >= 4 is 29.0 Å². The van der Waals surface area contributed by atoms with E-state index in [1.807, 2.05) is 13.0 Å². The second-order valence-corrected chi connectivity index (χ2v) is 4.70. The van der Waals surface area contributed by atoms with Crippen molar-refractivity contribution < 1.29 is 4.74 Å². The van der Waals surface area contributed by atoms with Gasteiger partial charge in [-0.2, -0.15) is 0 Å². The van der Waals surface area contributed by atoms with Crippen LogP contribution in [0.3, 0.4) is 0 Å². The van der Waals surface area contributed by atoms with Crippen LogP contribution in [0.4, 0.5) is 5.82 Å². The van der Waals surface area contributed by atoms with Gasteiger partial charge < -0.3 is 10.5 Å². The molecule has 0 saturated heterocycles. The minimum absolute atomic E-state index is 0.300. The van der Waals surface area contributed by atoms with Crippen molar-refractivity contribution in [3.63, 3.8) is 0 Å². The molecule has 94 valence electrons. The number of anilines is 1. The van der Waals surface area contributed by atoms with Crippen LogP contribution in [-0.4, -0.2) is 4.98 Å². The van der Waals surface area contributed by atoms with E-state index in [0.29, 0.717) is 28.2 Å². The van der Waals surface area contributed by atoms with Crippen LogP contribution in [0.1, 0.15) is 11.3 Å². The van der Waals surface area contributed by atoms with Gasteiger partial charge in [0.2, 0.25) is 0 Å². The molecule has 18 heavy (non-hydrogen) atoms. The molecule has 2 aromatic rings. The Labute approximate surface area is 115 Å². The topological polar surface area (TPSA) is 48.1 Å². The van der Waals surface area contributed by atoms with E-state index in [-0.39, 0.29) is 0 Å². The zero-order valence-corrected chi connectivity index (χ0v) is 11.3. The molecule has 0 unspecified atom stereocenters. The van der Waals surface area contributed by atoms with E-state index in [0.717, 1.165) is 11.3 Å². The van der Waals surface area contributed by atoms with Crippen molar-refractivity contribution in [2.45, 2.75) is 13.5 Å². The predicted octanol–water partition coefficient (Wildman–Crippen LogP) is 3.86. The number of nitrogens with zero attached hydrogens (tertiary/aromatic N) is 1. The molecule has 1 aromatic carbocycles. The smallest absolute Gasteiger partial charge is 0.166 e. The Hall–Kier alpha value is -1.45. The molecule has 0 aliphatic rings. The second-order valence-electron chi connectivity index (χ2n) is 3.86. The van der Waals surface area contributed by atoms with Gasteiger partial charge in [-0.15, -0.1) is 0 Å². The molecule has 0 spiro atoms. The highest BCUT2D eigenvalue weighted by molar-refractivity contribution is 6.33. The number of benzene rings is 1. The van der Waals surface area contributed by atoms with E-state index in [2.05, 4.69) is 4.98 Å². The normalized spacial score (nSPS) is 10.4. The third kappa shape index (κ3) is 3.06. The summed E-state index contributed by atoms with van der Waals surface area (Å²) in [6.45, 7) is 2.17. The summed E-state index contributed by atoms with van der Waals surface area (Å²) in [6, 6.07) is 8.86. The summed E-state index contributed by atoms with van der Waals surface area (Å²) >= 11 is 11.9. The van der Waals surface area contributed by atoms with Gasteiger partial charge in [0, 0.05) is 21.3 Å². The average molecular weight is 283 g/mol. The number of hydrogen-bond acceptors (Lipinski definition) is 3. The molecule has 0 atom stereocenters. The molecule has 0 radical (unpaired) electrons. The van der Waals surface area contributed by atoms with Gasteiger partial charge in [-0.3, -0.25) is 0 Å². The number of nitrogens with two attached hydrogens (primary N) is 1. The second kappa shape index (κ2) is 5.46. The molecule has 0 bridgehead atoms. The number of halogens is 2. The molecular weight excluding hydrogens is 271 g/mol. The first-order valence-corrected chi connectivity index (χ1v) is 6.11. The van der Waals surface area contributed by atoms with Crippen LogP contribution in [0.5, 0.6) is 5.75 Å². The Kier molecular flexibility index (Phi) is 3.94. The highest BCUT2D eigenvalue weighted by Crippen LogP contribution is 2.24. The molecule has 5 heteroatoms. The van der Waals surface area contributed by atoms with Gasteiger partial charge in [0.05, 0.1) is 0 Å². The fraction of sp³-hybridized carbons (Fsp3) is 0.154. The minimum atomic E-state index is 0.300. The molecule has 2 N–H and O–H groups in total. The largest absolute Gasteiger partial charge is 0.485 e. The lowest BCUT2D eigenvalue weighted by molar-refractivity contribution is 0.307. The number of ether oxygens (including phenoxy) is 1. The van der Waals surface area contributed by atoms with E-state index >= 15 is 0 Å². The number of aryl methyl sites for hydroxylation is 1. The third-order valence-corrected chi connectivity index (χ3v) is 3.02. The molecule has 0 fully saturated rings. The predicted molar refractivity (Wildman–Crippen MR) is 74.2 cm³/mol. The Morgan fingerprint density at radius 2 is 2.00 bits per heavy atom. The Morgan fingerprint density at radius 1 is 1.22 bits per heavy atom. The maximum atomic E-state index is 6.04. The van der Waals surface area contributed by atoms with E-state index in [4.69, 9.17) is 33.7 Å². The molecule has 2 rings (SSSR count). The lowest BCUT2D eigenvalue weighted by Gasteiger charge is -2.10. The van der Waals surface area contributed by atoms with Crippen LogP contribution in [-0.2, 0) is 6.61 Å². The van der Waals surface area contributed by atoms with Crippen LogP contribution in [0.15, 0.2) is 30.3 Å². The van der Waals surface area contributed by atoms with Crippen molar-refractivity contribution in [2.24, 2.45) is 0 Å². The van der Waals surface area contributed by atoms with Crippen LogP contribution in [0, 0.1) is 6.92 Å². The lowest BCUT2D eigenvalue weighted by Crippen LogP contribution is -2.01. The molecular formula is C13H12Cl2N2O. The fourth-order valence-electron chi connectivity index (χ4n) is 1.50. The molecule has 1 aromatic heterocycles. The Balaban J connectivity index is 2.13. The maximum Gasteiger partial charge on any atom is 0.166 e. The first kappa shape index (κ1) is 13.0. The van der Waals surface area contributed by atoms with Crippen molar-refractivity contribution in [3.8, 4) is 5.75 Å². The monoisotopic (exact) mass is 282 g/mol. The van der Waals surface area contributed by atoms with Gasteiger partial charge in [0.1, 0.15) is 6.61 Å². The first-order chi connectivity index (χ1) is 8.56. The first-order valence-electron chi connectivity index (χ1n) is 5.36. The van der Waals surface area contributed by atoms with Crippen molar-refractivity contribution in [2.75, 3.05) is 5.73 Å². The summed E-state index contributed by atoms with van der Waals surface area (Å²) in [5.41, 5.74) is 7.42. The van der Waals surface area contributed by atoms with Gasteiger partial charge in [-0.25, -0.2) is 4.98 Å². The summed E-state index contributed by atoms with van der Waals surface area (Å²) in [7, 11) is 0. The summed E-state index contributed by atoms with van der Waals surface area (Å²) in [5.74, 6) is 0.907. The molecule has 0 aliphatic carbocycles. The summed E-state index contributed by atoms with van der Waals surface area (Å²) in [5, 5.41) is 1.23. The standard InChI is InChI=1S/C13H12Cl2N2O/c1-8-2-5-12(13(16)17-8)18-7-9-6-10(14)3-4-11(9)15/h2-6H,7H2,1H3,(H2,16,17). The molecule has 0 amide bonds. The Bertz CT molecular complexity index is 573. The maximum absolute atomic E-state index is 6.04.